The third kappa shape index (κ3) is 6.08. The van der Waals surface area contributed by atoms with Crippen LogP contribution in [-0.2, 0) is 9.63 Å². The average molecular weight is 398 g/mol. The molecule has 7 nitrogen and oxygen atoms in total. The predicted octanol–water partition coefficient (Wildman–Crippen LogP) is 3.95. The van der Waals surface area contributed by atoms with E-state index in [2.05, 4.69) is 24.0 Å². The van der Waals surface area contributed by atoms with Gasteiger partial charge in [0.05, 0.1) is 24.5 Å². The van der Waals surface area contributed by atoms with Crippen molar-refractivity contribution in [2.75, 3.05) is 12.4 Å². The Labute approximate surface area is 170 Å². The summed E-state index contributed by atoms with van der Waals surface area (Å²) in [5, 5.41) is 2.64. The van der Waals surface area contributed by atoms with Crippen molar-refractivity contribution in [3.05, 3.63) is 59.7 Å². The van der Waals surface area contributed by atoms with Crippen molar-refractivity contribution in [2.24, 2.45) is 5.90 Å². The molecule has 0 radical (unpaired) electrons. The van der Waals surface area contributed by atoms with Crippen molar-refractivity contribution in [1.82, 2.24) is 0 Å². The summed E-state index contributed by atoms with van der Waals surface area (Å²) in [5.74, 6) is 5.05. The minimum atomic E-state index is -0.734. The zero-order chi connectivity index (χ0) is 21.2. The van der Waals surface area contributed by atoms with Crippen LogP contribution in [0.5, 0.6) is 11.5 Å². The monoisotopic (exact) mass is 398 g/mol. The summed E-state index contributed by atoms with van der Waals surface area (Å²) in [5.41, 5.74) is 1.24. The van der Waals surface area contributed by atoms with Crippen LogP contribution in [0.4, 0.5) is 5.69 Å². The predicted molar refractivity (Wildman–Crippen MR) is 112 cm³/mol. The Balaban J connectivity index is 2.12. The first-order valence-electron chi connectivity index (χ1n) is 9.36. The molecule has 1 amide bonds. The normalized spacial score (nSPS) is 10.8. The Morgan fingerprint density at radius 2 is 1.83 bits per heavy atom. The van der Waals surface area contributed by atoms with Crippen LogP contribution >= 0.6 is 0 Å². The number of ether oxygens (including phenoxy) is 2. The van der Waals surface area contributed by atoms with E-state index in [1.807, 2.05) is 12.1 Å². The van der Waals surface area contributed by atoms with Gasteiger partial charge < -0.3 is 19.6 Å². The standard InChI is InChI=1S/C22H26N2O5/c1-4-16(5-2)28-19-12-10-15(14-20(19)27-3)11-13-21(25)24-18-9-7-6-8-17(18)22(26)29-23/h6-14,16H,4-5,23H2,1-3H3,(H,24,25)/b13-11+. The van der Waals surface area contributed by atoms with E-state index in [0.29, 0.717) is 17.2 Å². The number of nitrogens with one attached hydrogen (secondary N) is 1. The van der Waals surface area contributed by atoms with E-state index in [-0.39, 0.29) is 11.7 Å². The zero-order valence-corrected chi connectivity index (χ0v) is 16.8. The highest BCUT2D eigenvalue weighted by Crippen LogP contribution is 2.30. The molecule has 0 unspecified atom stereocenters. The van der Waals surface area contributed by atoms with Crippen molar-refractivity contribution in [1.29, 1.82) is 0 Å². The maximum atomic E-state index is 12.3. The third-order valence-electron chi connectivity index (χ3n) is 4.33. The first kappa shape index (κ1) is 22.0. The molecule has 0 aromatic heterocycles. The zero-order valence-electron chi connectivity index (χ0n) is 16.8. The molecule has 2 rings (SSSR count). The highest BCUT2D eigenvalue weighted by atomic mass is 16.7. The number of nitrogens with two attached hydrogens (primary N) is 1. The molecule has 0 fully saturated rings. The SMILES string of the molecule is CCC(CC)Oc1ccc(/C=C/C(=O)Nc2ccccc2C(=O)ON)cc1OC. The second kappa shape index (κ2) is 10.9. The summed E-state index contributed by atoms with van der Waals surface area (Å²) in [7, 11) is 1.57. The summed E-state index contributed by atoms with van der Waals surface area (Å²) in [4.78, 5) is 28.2. The van der Waals surface area contributed by atoms with Gasteiger partial charge in [-0.05, 0) is 48.7 Å². The van der Waals surface area contributed by atoms with Gasteiger partial charge in [0.1, 0.15) is 0 Å². The lowest BCUT2D eigenvalue weighted by molar-refractivity contribution is -0.111. The fraction of sp³-hybridized carbons (Fsp3) is 0.273. The van der Waals surface area contributed by atoms with E-state index in [1.54, 1.807) is 37.5 Å². The van der Waals surface area contributed by atoms with Gasteiger partial charge in [0.15, 0.2) is 11.5 Å². The summed E-state index contributed by atoms with van der Waals surface area (Å²) < 4.78 is 11.4. The molecule has 0 spiro atoms. The maximum absolute atomic E-state index is 12.3. The van der Waals surface area contributed by atoms with Crippen LogP contribution in [0, 0.1) is 0 Å². The van der Waals surface area contributed by atoms with Crippen LogP contribution in [0.25, 0.3) is 6.08 Å². The third-order valence-corrected chi connectivity index (χ3v) is 4.33. The molecule has 0 bridgehead atoms. The minimum Gasteiger partial charge on any atom is -0.493 e. The Kier molecular flexibility index (Phi) is 8.24. The summed E-state index contributed by atoms with van der Waals surface area (Å²) in [6, 6.07) is 11.9. The lowest BCUT2D eigenvalue weighted by Gasteiger charge is -2.18. The lowest BCUT2D eigenvalue weighted by atomic mass is 10.1. The Hall–Kier alpha value is -3.32. The lowest BCUT2D eigenvalue weighted by Crippen LogP contribution is -2.15. The van der Waals surface area contributed by atoms with Gasteiger partial charge in [-0.2, -0.15) is 5.90 Å². The molecule has 0 aliphatic heterocycles. The van der Waals surface area contributed by atoms with E-state index < -0.39 is 11.9 Å². The molecule has 2 aromatic rings. The number of anilines is 1. The molecular weight excluding hydrogens is 372 g/mol. The molecule has 0 aliphatic rings. The van der Waals surface area contributed by atoms with Crippen LogP contribution in [-0.4, -0.2) is 25.1 Å². The van der Waals surface area contributed by atoms with Gasteiger partial charge in [0.25, 0.3) is 0 Å². The van der Waals surface area contributed by atoms with Crippen molar-refractivity contribution in [3.8, 4) is 11.5 Å². The summed E-state index contributed by atoms with van der Waals surface area (Å²) >= 11 is 0. The highest BCUT2D eigenvalue weighted by molar-refractivity contribution is 6.06. The first-order chi connectivity index (χ1) is 14.0. The number of carbonyl (C=O) groups excluding carboxylic acids is 2. The second-order valence-electron chi connectivity index (χ2n) is 6.24. The largest absolute Gasteiger partial charge is 0.493 e. The van der Waals surface area contributed by atoms with Gasteiger partial charge in [-0.1, -0.05) is 32.0 Å². The van der Waals surface area contributed by atoms with E-state index in [1.165, 1.54) is 12.1 Å². The Morgan fingerprint density at radius 1 is 1.10 bits per heavy atom. The van der Waals surface area contributed by atoms with Crippen molar-refractivity contribution < 1.29 is 23.9 Å². The molecule has 0 saturated carbocycles. The van der Waals surface area contributed by atoms with E-state index in [9.17, 15) is 9.59 Å². The molecule has 2 aromatic carbocycles. The number of hydrogen-bond acceptors (Lipinski definition) is 6. The Bertz CT molecular complexity index is 875. The molecule has 154 valence electrons. The summed E-state index contributed by atoms with van der Waals surface area (Å²) in [6.45, 7) is 4.14. The van der Waals surface area contributed by atoms with Gasteiger partial charge in [0.2, 0.25) is 5.91 Å². The molecule has 0 heterocycles. The van der Waals surface area contributed by atoms with E-state index in [4.69, 9.17) is 15.4 Å². The van der Waals surface area contributed by atoms with Crippen molar-refractivity contribution >= 4 is 23.6 Å². The highest BCUT2D eigenvalue weighted by Gasteiger charge is 2.13. The minimum absolute atomic E-state index is 0.122. The average Bonchev–Trinajstić information content (AvgIpc) is 2.76. The van der Waals surface area contributed by atoms with E-state index in [0.717, 1.165) is 18.4 Å². The van der Waals surface area contributed by atoms with Crippen LogP contribution in [0.3, 0.4) is 0 Å². The molecule has 7 heteroatoms. The number of rotatable bonds is 9. The van der Waals surface area contributed by atoms with Crippen LogP contribution in [0.1, 0.15) is 42.6 Å². The smallest absolute Gasteiger partial charge is 0.358 e. The Morgan fingerprint density at radius 3 is 2.48 bits per heavy atom. The molecule has 29 heavy (non-hydrogen) atoms. The molecule has 0 aliphatic carbocycles. The number of hydrogen-bond donors (Lipinski definition) is 2. The quantitative estimate of drug-likeness (QED) is 0.490. The second-order valence-corrected chi connectivity index (χ2v) is 6.24. The summed E-state index contributed by atoms with van der Waals surface area (Å²) in [6.07, 6.45) is 4.93. The van der Waals surface area contributed by atoms with Crippen LogP contribution < -0.4 is 20.7 Å². The number of para-hydroxylation sites is 1. The molecule has 0 atom stereocenters. The number of amides is 1. The van der Waals surface area contributed by atoms with Crippen molar-refractivity contribution in [3.63, 3.8) is 0 Å². The molecule has 3 N–H and O–H groups in total. The number of benzene rings is 2. The van der Waals surface area contributed by atoms with Gasteiger partial charge in [-0.15, -0.1) is 0 Å². The molecular formula is C22H26N2O5. The van der Waals surface area contributed by atoms with Crippen molar-refractivity contribution in [2.45, 2.75) is 32.8 Å². The van der Waals surface area contributed by atoms with Gasteiger partial charge in [0, 0.05) is 6.08 Å². The van der Waals surface area contributed by atoms with Gasteiger partial charge in [-0.3, -0.25) is 4.79 Å². The molecule has 0 saturated heterocycles. The van der Waals surface area contributed by atoms with Gasteiger partial charge in [-0.25, -0.2) is 4.79 Å². The number of carbonyl (C=O) groups is 2. The number of methoxy groups -OCH3 is 1. The first-order valence-corrected chi connectivity index (χ1v) is 9.36. The van der Waals surface area contributed by atoms with Crippen LogP contribution in [0.2, 0.25) is 0 Å². The van der Waals surface area contributed by atoms with E-state index >= 15 is 0 Å². The fourth-order valence-electron chi connectivity index (χ4n) is 2.70. The van der Waals surface area contributed by atoms with Gasteiger partial charge >= 0.3 is 5.97 Å². The maximum Gasteiger partial charge on any atom is 0.358 e. The topological polar surface area (TPSA) is 99.9 Å². The fourth-order valence-corrected chi connectivity index (χ4v) is 2.70. The van der Waals surface area contributed by atoms with Crippen LogP contribution in [0.15, 0.2) is 48.5 Å².